The van der Waals surface area contributed by atoms with Crippen molar-refractivity contribution < 1.29 is 30.7 Å². The van der Waals surface area contributed by atoms with E-state index >= 15 is 0 Å². The van der Waals surface area contributed by atoms with Crippen molar-refractivity contribution >= 4 is 45.1 Å². The minimum atomic E-state index is -1.20. The Hall–Kier alpha value is -7.99. The summed E-state index contributed by atoms with van der Waals surface area (Å²) in [5.74, 6) is -1.29. The number of halogens is 1. The zero-order valence-corrected chi connectivity index (χ0v) is 45.3. The number of anilines is 2. The third-order valence-corrected chi connectivity index (χ3v) is 12.6. The Morgan fingerprint density at radius 1 is 0.547 bits per heavy atom. The van der Waals surface area contributed by atoms with Gasteiger partial charge in [-0.3, -0.25) is 18.8 Å². The van der Waals surface area contributed by atoms with Crippen molar-refractivity contribution in [2.24, 2.45) is 0 Å². The maximum Gasteiger partial charge on any atom is 0.341 e. The number of phenols is 2. The molecule has 6 aromatic carbocycles. The molecule has 8 rings (SSSR count). The Morgan fingerprint density at radius 3 is 1.32 bits per heavy atom. The molecule has 0 bridgehead atoms. The Morgan fingerprint density at radius 2 is 0.907 bits per heavy atom. The number of hydrogen-bond donors (Lipinski definition) is 5. The summed E-state index contributed by atoms with van der Waals surface area (Å²) in [5, 5.41) is 33.8. The highest BCUT2D eigenvalue weighted by Crippen LogP contribution is 2.40. The van der Waals surface area contributed by atoms with Gasteiger partial charge in [0.25, 0.3) is 5.91 Å². The van der Waals surface area contributed by atoms with Crippen LogP contribution in [0.1, 0.15) is 139 Å². The first-order chi connectivity index (χ1) is 35.5. The summed E-state index contributed by atoms with van der Waals surface area (Å²) in [7, 11) is -1.00. The molecule has 75 heavy (non-hydrogen) atoms. The summed E-state index contributed by atoms with van der Waals surface area (Å²) in [6.07, 6.45) is 3.05. The zero-order chi connectivity index (χ0) is 56.5. The lowest BCUT2D eigenvalue weighted by molar-refractivity contribution is 0.0694. The number of pyridine rings is 2. The van der Waals surface area contributed by atoms with E-state index in [0.717, 1.165) is 44.4 Å². The zero-order valence-electron chi connectivity index (χ0n) is 46.3. The number of phenolic OH excluding ortho intramolecular Hbond substituents is 2. The number of rotatable bonds is 7. The number of nitrogen functional groups attached to an aromatic ring is 1. The largest absolute Gasteiger partial charge is 0.508 e. The molecule has 0 radical (unpaired) electrons. The lowest BCUT2D eigenvalue weighted by Gasteiger charge is -2.28. The molecular weight excluding hydrogens is 944 g/mol. The number of carboxylic acids is 1. The summed E-state index contributed by atoms with van der Waals surface area (Å²) in [6.45, 7) is 26.0. The molecule has 1 amide bonds. The average Bonchev–Trinajstić information content (AvgIpc) is 3.33. The van der Waals surface area contributed by atoms with Crippen LogP contribution in [-0.2, 0) is 34.7 Å². The van der Waals surface area contributed by atoms with Gasteiger partial charge in [0, 0.05) is 59.8 Å². The lowest BCUT2D eigenvalue weighted by Crippen LogP contribution is -2.26. The normalized spacial score (nSPS) is 11.8. The number of carbonyl (C=O) groups is 2. The Labute approximate surface area is 441 Å². The number of alkyl halides is 1. The Bertz CT molecular complexity index is 3420. The summed E-state index contributed by atoms with van der Waals surface area (Å²) in [4.78, 5) is 50.4. The monoisotopic (exact) mass is 1020 g/mol. The second-order valence-electron chi connectivity index (χ2n) is 22.6. The molecule has 0 atom stereocenters. The molecule has 2 aromatic heterocycles. The number of amides is 1. The van der Waals surface area contributed by atoms with Crippen LogP contribution >= 0.6 is 0 Å². The van der Waals surface area contributed by atoms with Crippen molar-refractivity contribution in [1.82, 2.24) is 9.13 Å². The van der Waals surface area contributed by atoms with Crippen LogP contribution in [0.5, 0.6) is 11.5 Å². The average molecular weight is 1020 g/mol. The van der Waals surface area contributed by atoms with Gasteiger partial charge in [-0.25, -0.2) is 4.79 Å². The highest BCUT2D eigenvalue weighted by molar-refractivity contribution is 6.06. The molecule has 6 N–H and O–H groups in total. The fourth-order valence-electron chi connectivity index (χ4n) is 8.78. The van der Waals surface area contributed by atoms with E-state index in [4.69, 9.17) is 7.10 Å². The van der Waals surface area contributed by atoms with E-state index in [2.05, 4.69) is 67.6 Å². The molecule has 0 saturated heterocycles. The van der Waals surface area contributed by atoms with E-state index in [1.807, 2.05) is 122 Å². The highest BCUT2D eigenvalue weighted by Gasteiger charge is 2.28. The number of hydrogen-bond acceptors (Lipinski definition) is 7. The van der Waals surface area contributed by atoms with Crippen LogP contribution in [0.3, 0.4) is 0 Å². The number of aromatic hydroxyl groups is 2. The molecule has 394 valence electrons. The van der Waals surface area contributed by atoms with E-state index in [0.29, 0.717) is 35.2 Å². The predicted molar refractivity (Wildman–Crippen MR) is 305 cm³/mol. The van der Waals surface area contributed by atoms with Crippen LogP contribution in [0.4, 0.5) is 15.8 Å². The summed E-state index contributed by atoms with van der Waals surface area (Å²) < 4.78 is 19.2. The van der Waals surface area contributed by atoms with Crippen molar-refractivity contribution in [2.75, 3.05) is 18.2 Å². The molecule has 2 heterocycles. The number of benzene rings is 6. The summed E-state index contributed by atoms with van der Waals surface area (Å²) in [6, 6.07) is 41.3. The molecule has 0 spiro atoms. The number of nitrogens with zero attached hydrogens (tertiary/aromatic N) is 2. The van der Waals surface area contributed by atoms with Crippen LogP contribution in [0, 0.1) is 0 Å². The number of carboxylic acid groups (broad SMARTS) is 1. The number of aromatic carboxylic acids is 1. The minimum absolute atomic E-state index is 0.00220. The van der Waals surface area contributed by atoms with Gasteiger partial charge in [0.15, 0.2) is 0 Å². The van der Waals surface area contributed by atoms with Crippen LogP contribution in [-0.4, -0.2) is 43.5 Å². The maximum absolute atomic E-state index is 13.5. The molecule has 8 aromatic rings. The third kappa shape index (κ3) is 14.2. The summed E-state index contributed by atoms with van der Waals surface area (Å²) in [5.41, 5.74) is 12.9. The van der Waals surface area contributed by atoms with Gasteiger partial charge in [-0.2, -0.15) is 0 Å². The molecule has 0 aliphatic rings. The molecule has 0 unspecified atom stereocenters. The molecule has 12 heteroatoms. The van der Waals surface area contributed by atoms with Gasteiger partial charge >= 0.3 is 5.97 Å². The Balaban J connectivity index is 0.000000225. The predicted octanol–water partition coefficient (Wildman–Crippen LogP) is 13.5. The van der Waals surface area contributed by atoms with Gasteiger partial charge in [-0.1, -0.05) is 168 Å². The van der Waals surface area contributed by atoms with E-state index in [-0.39, 0.29) is 49.7 Å². The topological polar surface area (TPSA) is 177 Å². The number of para-hydroxylation sites is 2. The maximum atomic E-state index is 13.5. The number of fused-ring (bicyclic) bond motifs is 2. The van der Waals surface area contributed by atoms with Crippen LogP contribution in [0.15, 0.2) is 155 Å². The first kappa shape index (κ1) is 56.3. The van der Waals surface area contributed by atoms with Crippen LogP contribution < -0.4 is 21.9 Å². The van der Waals surface area contributed by atoms with E-state index in [9.17, 15) is 38.9 Å². The van der Waals surface area contributed by atoms with Crippen molar-refractivity contribution in [3.05, 3.63) is 211 Å². The lowest BCUT2D eigenvalue weighted by atomic mass is 9.79. The standard InChI is InChI=1S/C31H34N2O3.C17H13NO3.C14H23NO.CH3F/c1-30(2,3)23-16-24(31(4,5)6)27(34)17-25(23)32-29(36)22-19-33(18-20-12-8-7-9-13-20)26-15-11-10-14-21(26)28(22)35;19-16-13-8-4-5-9-15(13)18(11-14(16)17(20)21)10-12-6-2-1-3-7-12;1-13(2,3)9-7-10(14(4,5)6)12(16)8-11(9)15;1-2/h7-17,19,34H,18H2,1-6H3,(H,32,36);1-9,11H,10H2,(H,20,21);7-8,16H,15H2,1-6H3;1H3/i;;;1D. The van der Waals surface area contributed by atoms with Gasteiger partial charge in [-0.15, -0.1) is 0 Å². The minimum Gasteiger partial charge on any atom is -0.508 e. The van der Waals surface area contributed by atoms with E-state index in [1.54, 1.807) is 47.2 Å². The highest BCUT2D eigenvalue weighted by atomic mass is 19.1. The quantitative estimate of drug-likeness (QED) is 0.0980. The smallest absolute Gasteiger partial charge is 0.341 e. The number of nitrogens with two attached hydrogens (primary N) is 1. The fraction of sp³-hybridized carbons (Fsp3) is 0.302. The second kappa shape index (κ2) is 23.5. The number of aromatic nitrogens is 2. The third-order valence-electron chi connectivity index (χ3n) is 12.6. The van der Waals surface area contributed by atoms with Crippen LogP contribution in [0.25, 0.3) is 21.8 Å². The second-order valence-corrected chi connectivity index (χ2v) is 22.6. The molecule has 0 saturated carbocycles. The van der Waals surface area contributed by atoms with Crippen molar-refractivity contribution in [3.8, 4) is 11.5 Å². The van der Waals surface area contributed by atoms with Gasteiger partial charge in [-0.05, 0) is 91.4 Å². The fourth-order valence-corrected chi connectivity index (χ4v) is 8.78. The Kier molecular flexibility index (Phi) is 17.6. The van der Waals surface area contributed by atoms with Crippen molar-refractivity contribution in [1.29, 1.82) is 0 Å². The SMILES string of the molecule is CC(C)(C)c1cc(C(C)(C)C)c(NC(=O)c2cn(Cc3ccccc3)c3ccccc3c2=O)cc1O.CC(C)(C)c1cc(C(C)(C)C)c(O)cc1N.O=C(O)c1cn(Cc2ccccc2)c2ccccc2c1=O.[2H]CF. The van der Waals surface area contributed by atoms with Gasteiger partial charge in [0.05, 0.1) is 19.6 Å². The molecule has 0 aliphatic heterocycles. The van der Waals surface area contributed by atoms with Crippen molar-refractivity contribution in [3.63, 3.8) is 0 Å². The molecule has 11 nitrogen and oxygen atoms in total. The molecule has 0 aliphatic carbocycles. The van der Waals surface area contributed by atoms with Gasteiger partial charge in [0.2, 0.25) is 10.9 Å². The first-order valence-electron chi connectivity index (χ1n) is 25.4. The number of carbonyl (C=O) groups excluding carboxylic acids is 1. The first-order valence-corrected chi connectivity index (χ1v) is 24.7. The summed E-state index contributed by atoms with van der Waals surface area (Å²) >= 11 is 0. The number of nitrogens with one attached hydrogen (secondary N) is 1. The van der Waals surface area contributed by atoms with Gasteiger partial charge < -0.3 is 35.5 Å². The van der Waals surface area contributed by atoms with Gasteiger partial charge in [0.1, 0.15) is 22.6 Å². The van der Waals surface area contributed by atoms with E-state index in [1.165, 1.54) is 6.20 Å². The van der Waals surface area contributed by atoms with Crippen molar-refractivity contribution in [2.45, 2.75) is 118 Å². The van der Waals surface area contributed by atoms with E-state index < -0.39 is 24.5 Å². The molecular formula is C63H73FN4O7. The molecule has 0 fully saturated rings. The van der Waals surface area contributed by atoms with Crippen LogP contribution in [0.2, 0.25) is 0 Å².